The molecule has 0 unspecified atom stereocenters. The summed E-state index contributed by atoms with van der Waals surface area (Å²) < 4.78 is 0. The summed E-state index contributed by atoms with van der Waals surface area (Å²) in [6.45, 7) is 6.48. The molecular formula is C16H23NO2. The normalized spacial score (nSPS) is 17.7. The van der Waals surface area contributed by atoms with Gasteiger partial charge in [-0.1, -0.05) is 32.9 Å². The number of carbonyl (C=O) groups is 1. The molecule has 2 N–H and O–H groups in total. The minimum Gasteiger partial charge on any atom is -0.394 e. The SMILES string of the molecule is CC(C)(C)c1ccc(C(=O)NC2(CO)CCC2)cc1. The van der Waals surface area contributed by atoms with Crippen molar-refractivity contribution in [3.8, 4) is 0 Å². The molecule has 3 nitrogen and oxygen atoms in total. The number of rotatable bonds is 3. The molecule has 2 rings (SSSR count). The molecule has 1 amide bonds. The molecule has 0 aromatic heterocycles. The van der Waals surface area contributed by atoms with Crippen LogP contribution in [-0.4, -0.2) is 23.2 Å². The molecule has 0 saturated heterocycles. The van der Waals surface area contributed by atoms with E-state index in [4.69, 9.17) is 0 Å². The van der Waals surface area contributed by atoms with Crippen LogP contribution in [0.4, 0.5) is 0 Å². The summed E-state index contributed by atoms with van der Waals surface area (Å²) in [5.74, 6) is -0.0887. The smallest absolute Gasteiger partial charge is 0.251 e. The lowest BCUT2D eigenvalue weighted by Gasteiger charge is -2.41. The van der Waals surface area contributed by atoms with Crippen molar-refractivity contribution in [1.82, 2.24) is 5.32 Å². The van der Waals surface area contributed by atoms with Crippen molar-refractivity contribution in [2.45, 2.75) is 51.0 Å². The Morgan fingerprint density at radius 2 is 1.84 bits per heavy atom. The van der Waals surface area contributed by atoms with Crippen LogP contribution in [0.5, 0.6) is 0 Å². The first-order valence-electron chi connectivity index (χ1n) is 6.90. The Labute approximate surface area is 115 Å². The topological polar surface area (TPSA) is 49.3 Å². The second-order valence-corrected chi connectivity index (χ2v) is 6.57. The van der Waals surface area contributed by atoms with Crippen molar-refractivity contribution < 1.29 is 9.90 Å². The van der Waals surface area contributed by atoms with Crippen molar-refractivity contribution in [1.29, 1.82) is 0 Å². The van der Waals surface area contributed by atoms with Gasteiger partial charge < -0.3 is 10.4 Å². The summed E-state index contributed by atoms with van der Waals surface area (Å²) in [5.41, 5.74) is 1.59. The Morgan fingerprint density at radius 3 is 2.21 bits per heavy atom. The maximum atomic E-state index is 12.2. The van der Waals surface area contributed by atoms with E-state index in [9.17, 15) is 9.90 Å². The second kappa shape index (κ2) is 4.97. The summed E-state index contributed by atoms with van der Waals surface area (Å²) in [4.78, 5) is 12.2. The van der Waals surface area contributed by atoms with E-state index in [0.29, 0.717) is 5.56 Å². The monoisotopic (exact) mass is 261 g/mol. The second-order valence-electron chi connectivity index (χ2n) is 6.57. The average Bonchev–Trinajstić information content (AvgIpc) is 2.32. The molecule has 19 heavy (non-hydrogen) atoms. The van der Waals surface area contributed by atoms with Gasteiger partial charge in [-0.05, 0) is 42.4 Å². The lowest BCUT2D eigenvalue weighted by molar-refractivity contribution is 0.0641. The van der Waals surface area contributed by atoms with E-state index in [-0.39, 0.29) is 23.5 Å². The van der Waals surface area contributed by atoms with Crippen LogP contribution >= 0.6 is 0 Å². The Morgan fingerprint density at radius 1 is 1.26 bits per heavy atom. The molecule has 1 aliphatic carbocycles. The van der Waals surface area contributed by atoms with Crippen molar-refractivity contribution in [3.63, 3.8) is 0 Å². The largest absolute Gasteiger partial charge is 0.394 e. The highest BCUT2D eigenvalue weighted by Crippen LogP contribution is 2.31. The minimum atomic E-state index is -0.375. The van der Waals surface area contributed by atoms with E-state index in [0.717, 1.165) is 19.3 Å². The highest BCUT2D eigenvalue weighted by Gasteiger charge is 2.37. The number of hydrogen-bond acceptors (Lipinski definition) is 2. The number of hydrogen-bond donors (Lipinski definition) is 2. The summed E-state index contributed by atoms with van der Waals surface area (Å²) in [6, 6.07) is 7.72. The van der Waals surface area contributed by atoms with Gasteiger partial charge in [0.2, 0.25) is 0 Å². The molecule has 0 radical (unpaired) electrons. The third kappa shape index (κ3) is 2.98. The average molecular weight is 261 g/mol. The van der Waals surface area contributed by atoms with E-state index in [1.807, 2.05) is 24.3 Å². The molecule has 1 aromatic carbocycles. The Bertz CT molecular complexity index is 447. The summed E-state index contributed by atoms with van der Waals surface area (Å²) >= 11 is 0. The van der Waals surface area contributed by atoms with Gasteiger partial charge in [-0.3, -0.25) is 4.79 Å². The van der Waals surface area contributed by atoms with Crippen LogP contribution < -0.4 is 5.32 Å². The van der Waals surface area contributed by atoms with Crippen LogP contribution in [0.2, 0.25) is 0 Å². The molecule has 3 heteroatoms. The van der Waals surface area contributed by atoms with Gasteiger partial charge in [0.25, 0.3) is 5.91 Å². The van der Waals surface area contributed by atoms with Crippen LogP contribution in [-0.2, 0) is 5.41 Å². The zero-order valence-electron chi connectivity index (χ0n) is 12.0. The van der Waals surface area contributed by atoms with Crippen LogP contribution in [0.25, 0.3) is 0 Å². The van der Waals surface area contributed by atoms with Gasteiger partial charge in [0.05, 0.1) is 12.1 Å². The van der Waals surface area contributed by atoms with Crippen molar-refractivity contribution in [2.75, 3.05) is 6.61 Å². The maximum Gasteiger partial charge on any atom is 0.251 e. The van der Waals surface area contributed by atoms with Gasteiger partial charge in [-0.15, -0.1) is 0 Å². The van der Waals surface area contributed by atoms with E-state index in [1.165, 1.54) is 5.56 Å². The number of benzene rings is 1. The molecule has 1 aromatic rings. The molecule has 1 fully saturated rings. The predicted octanol–water partition coefficient (Wildman–Crippen LogP) is 2.63. The molecule has 0 atom stereocenters. The van der Waals surface area contributed by atoms with E-state index < -0.39 is 0 Å². The molecular weight excluding hydrogens is 238 g/mol. The van der Waals surface area contributed by atoms with Crippen LogP contribution in [0, 0.1) is 0 Å². The highest BCUT2D eigenvalue weighted by atomic mass is 16.3. The number of aliphatic hydroxyl groups excluding tert-OH is 1. The van der Waals surface area contributed by atoms with Crippen LogP contribution in [0.15, 0.2) is 24.3 Å². The summed E-state index contributed by atoms with van der Waals surface area (Å²) in [6.07, 6.45) is 2.81. The van der Waals surface area contributed by atoms with Crippen LogP contribution in [0.1, 0.15) is 56.0 Å². The summed E-state index contributed by atoms with van der Waals surface area (Å²) in [7, 11) is 0. The minimum absolute atomic E-state index is 0.0266. The van der Waals surface area contributed by atoms with E-state index in [2.05, 4.69) is 26.1 Å². The van der Waals surface area contributed by atoms with Gasteiger partial charge in [-0.2, -0.15) is 0 Å². The molecule has 104 valence electrons. The first kappa shape index (κ1) is 14.1. The first-order chi connectivity index (χ1) is 8.86. The molecule has 0 spiro atoms. The van der Waals surface area contributed by atoms with Crippen molar-refractivity contribution in [2.24, 2.45) is 0 Å². The third-order valence-electron chi connectivity index (χ3n) is 4.01. The standard InChI is InChI=1S/C16H23NO2/c1-15(2,3)13-7-5-12(6-8-13)14(19)17-16(11-18)9-4-10-16/h5-8,18H,4,9-11H2,1-3H3,(H,17,19). The molecule has 0 aliphatic heterocycles. The maximum absolute atomic E-state index is 12.2. The number of nitrogens with one attached hydrogen (secondary N) is 1. The van der Waals surface area contributed by atoms with Crippen LogP contribution in [0.3, 0.4) is 0 Å². The molecule has 1 aliphatic rings. The molecule has 0 bridgehead atoms. The lowest BCUT2D eigenvalue weighted by atomic mass is 9.77. The third-order valence-corrected chi connectivity index (χ3v) is 4.01. The Balaban J connectivity index is 2.08. The van der Waals surface area contributed by atoms with Gasteiger partial charge in [-0.25, -0.2) is 0 Å². The summed E-state index contributed by atoms with van der Waals surface area (Å²) in [5, 5.41) is 12.3. The number of aliphatic hydroxyl groups is 1. The van der Waals surface area contributed by atoms with Gasteiger partial charge >= 0.3 is 0 Å². The zero-order chi connectivity index (χ0) is 14.1. The Kier molecular flexibility index (Phi) is 3.68. The molecule has 1 saturated carbocycles. The number of amides is 1. The quantitative estimate of drug-likeness (QED) is 0.878. The molecule has 0 heterocycles. The van der Waals surface area contributed by atoms with Crippen molar-refractivity contribution in [3.05, 3.63) is 35.4 Å². The van der Waals surface area contributed by atoms with Gasteiger partial charge in [0, 0.05) is 5.56 Å². The fourth-order valence-electron chi connectivity index (χ4n) is 2.36. The predicted molar refractivity (Wildman–Crippen MR) is 76.3 cm³/mol. The van der Waals surface area contributed by atoms with Gasteiger partial charge in [0.15, 0.2) is 0 Å². The van der Waals surface area contributed by atoms with Gasteiger partial charge in [0.1, 0.15) is 0 Å². The lowest BCUT2D eigenvalue weighted by Crippen LogP contribution is -2.56. The fraction of sp³-hybridized carbons (Fsp3) is 0.562. The Hall–Kier alpha value is -1.35. The van der Waals surface area contributed by atoms with E-state index in [1.54, 1.807) is 0 Å². The first-order valence-corrected chi connectivity index (χ1v) is 6.90. The number of carbonyl (C=O) groups excluding carboxylic acids is 1. The zero-order valence-corrected chi connectivity index (χ0v) is 12.0. The van der Waals surface area contributed by atoms with E-state index >= 15 is 0 Å². The highest BCUT2D eigenvalue weighted by molar-refractivity contribution is 5.94. The van der Waals surface area contributed by atoms with Crippen molar-refractivity contribution >= 4 is 5.91 Å². The fourth-order valence-corrected chi connectivity index (χ4v) is 2.36.